The topological polar surface area (TPSA) is 89.0 Å². The number of aromatic nitrogens is 1. The molecule has 200 valence electrons. The largest absolute Gasteiger partial charge is 0.464 e. The van der Waals surface area contributed by atoms with Crippen LogP contribution in [-0.4, -0.2) is 45.6 Å². The number of hydrogen-bond donors (Lipinski definition) is 1. The van der Waals surface area contributed by atoms with Crippen LogP contribution in [0.5, 0.6) is 0 Å². The maximum absolute atomic E-state index is 14.2. The van der Waals surface area contributed by atoms with Gasteiger partial charge in [0.15, 0.2) is 6.10 Å². The molecular weight excluding hydrogens is 527 g/mol. The normalized spacial score (nSPS) is 21.1. The summed E-state index contributed by atoms with van der Waals surface area (Å²) in [7, 11) is 0. The predicted molar refractivity (Wildman–Crippen MR) is 145 cm³/mol. The zero-order valence-corrected chi connectivity index (χ0v) is 22.7. The number of hydrogen-bond acceptors (Lipinski definition) is 6. The number of esters is 1. The molecule has 1 saturated heterocycles. The molecule has 1 aromatic heterocycles. The molecule has 0 aliphatic carbocycles. The fourth-order valence-corrected chi connectivity index (χ4v) is 5.06. The van der Waals surface area contributed by atoms with E-state index in [-0.39, 0.29) is 6.61 Å². The van der Waals surface area contributed by atoms with Gasteiger partial charge in [-0.05, 0) is 66.4 Å². The molecule has 1 unspecified atom stereocenters. The van der Waals surface area contributed by atoms with Gasteiger partial charge in [-0.25, -0.2) is 4.79 Å². The Morgan fingerprint density at radius 3 is 2.13 bits per heavy atom. The number of nitrogens with zero attached hydrogens (tertiary/aromatic N) is 2. The summed E-state index contributed by atoms with van der Waals surface area (Å²) >= 11 is 12.4. The monoisotopic (exact) mass is 556 g/mol. The number of aliphatic hydroxyl groups excluding tert-OH is 1. The van der Waals surface area contributed by atoms with Crippen LogP contribution in [0.3, 0.4) is 0 Å². The molecule has 1 aliphatic rings. The Balaban J connectivity index is 1.90. The Morgan fingerprint density at radius 1 is 1.00 bits per heavy atom. The van der Waals surface area contributed by atoms with Crippen molar-refractivity contribution >= 4 is 35.1 Å². The summed E-state index contributed by atoms with van der Waals surface area (Å²) in [6.45, 7) is 3.84. The van der Waals surface area contributed by atoms with Crippen molar-refractivity contribution in [2.24, 2.45) is 0 Å². The van der Waals surface area contributed by atoms with Crippen LogP contribution in [0.15, 0.2) is 73.1 Å². The fraction of sp³-hybridized carbons (Fsp3) is 0.345. The zero-order chi connectivity index (χ0) is 27.2. The van der Waals surface area contributed by atoms with Crippen molar-refractivity contribution in [1.29, 1.82) is 0 Å². The summed E-state index contributed by atoms with van der Waals surface area (Å²) in [4.78, 5) is 33.0. The van der Waals surface area contributed by atoms with E-state index >= 15 is 0 Å². The van der Waals surface area contributed by atoms with Gasteiger partial charge in [0.25, 0.3) is 5.91 Å². The van der Waals surface area contributed by atoms with Crippen LogP contribution in [-0.2, 0) is 19.1 Å². The number of pyridine rings is 1. The number of rotatable bonds is 9. The van der Waals surface area contributed by atoms with Gasteiger partial charge in [-0.15, -0.1) is 0 Å². The van der Waals surface area contributed by atoms with E-state index in [0.29, 0.717) is 28.5 Å². The van der Waals surface area contributed by atoms with Gasteiger partial charge in [0.1, 0.15) is 18.2 Å². The first-order chi connectivity index (χ1) is 18.3. The Labute approximate surface area is 232 Å². The molecule has 4 rings (SSSR count). The summed E-state index contributed by atoms with van der Waals surface area (Å²) in [6, 6.07) is 15.9. The first kappa shape index (κ1) is 28.0. The first-order valence-corrected chi connectivity index (χ1v) is 13.3. The third-order valence-corrected chi connectivity index (χ3v) is 7.08. The fourth-order valence-electron chi connectivity index (χ4n) is 4.80. The SMILES string of the molecule is CCC[C@H](C(=O)OCC)N1C(=O)[C@H](C(O)c2ccncc2)O[C@@H](c2ccc(Cl)cc2)[C@H]1c1ccc(Cl)cc1. The molecule has 1 amide bonds. The second-order valence-electron chi connectivity index (χ2n) is 9.05. The Bertz CT molecular complexity index is 1220. The minimum absolute atomic E-state index is 0.173. The van der Waals surface area contributed by atoms with Crippen molar-refractivity contribution in [3.8, 4) is 0 Å². The van der Waals surface area contributed by atoms with Gasteiger partial charge in [-0.1, -0.05) is 60.8 Å². The van der Waals surface area contributed by atoms with Crippen molar-refractivity contribution < 1.29 is 24.2 Å². The predicted octanol–water partition coefficient (Wildman–Crippen LogP) is 5.86. The zero-order valence-electron chi connectivity index (χ0n) is 21.2. The van der Waals surface area contributed by atoms with Crippen molar-refractivity contribution in [2.45, 2.75) is 57.1 Å². The second-order valence-corrected chi connectivity index (χ2v) is 9.93. The van der Waals surface area contributed by atoms with Crippen LogP contribution in [0.25, 0.3) is 0 Å². The molecule has 0 radical (unpaired) electrons. The Kier molecular flexibility index (Phi) is 9.39. The van der Waals surface area contributed by atoms with Gasteiger partial charge in [0, 0.05) is 22.4 Å². The lowest BCUT2D eigenvalue weighted by molar-refractivity contribution is -0.198. The lowest BCUT2D eigenvalue weighted by Crippen LogP contribution is -2.58. The number of carbonyl (C=O) groups is 2. The van der Waals surface area contributed by atoms with Crippen LogP contribution in [0.4, 0.5) is 0 Å². The van der Waals surface area contributed by atoms with E-state index in [1.54, 1.807) is 43.3 Å². The maximum atomic E-state index is 14.2. The lowest BCUT2D eigenvalue weighted by atomic mass is 9.88. The summed E-state index contributed by atoms with van der Waals surface area (Å²) in [5.41, 5.74) is 1.93. The quantitative estimate of drug-likeness (QED) is 0.332. The highest BCUT2D eigenvalue weighted by Gasteiger charge is 2.50. The van der Waals surface area contributed by atoms with E-state index in [4.69, 9.17) is 32.7 Å². The van der Waals surface area contributed by atoms with E-state index in [1.165, 1.54) is 17.3 Å². The molecule has 1 fully saturated rings. The molecular formula is C29H30Cl2N2O5. The van der Waals surface area contributed by atoms with Gasteiger partial charge in [-0.2, -0.15) is 0 Å². The number of halogens is 2. The molecule has 0 bridgehead atoms. The molecule has 0 spiro atoms. The highest BCUT2D eigenvalue weighted by atomic mass is 35.5. The van der Waals surface area contributed by atoms with Gasteiger partial charge < -0.3 is 19.5 Å². The number of carbonyl (C=O) groups excluding carboxylic acids is 2. The highest BCUT2D eigenvalue weighted by Crippen LogP contribution is 2.46. The van der Waals surface area contributed by atoms with E-state index in [1.807, 2.05) is 31.2 Å². The van der Waals surface area contributed by atoms with Gasteiger partial charge >= 0.3 is 5.97 Å². The first-order valence-electron chi connectivity index (χ1n) is 12.6. The smallest absolute Gasteiger partial charge is 0.328 e. The number of amides is 1. The summed E-state index contributed by atoms with van der Waals surface area (Å²) in [5, 5.41) is 12.4. The molecule has 7 nitrogen and oxygen atoms in total. The average molecular weight is 557 g/mol. The third-order valence-electron chi connectivity index (χ3n) is 6.58. The van der Waals surface area contributed by atoms with Gasteiger partial charge in [0.2, 0.25) is 0 Å². The average Bonchev–Trinajstić information content (AvgIpc) is 2.93. The van der Waals surface area contributed by atoms with Gasteiger partial charge in [-0.3, -0.25) is 9.78 Å². The summed E-state index contributed by atoms with van der Waals surface area (Å²) < 4.78 is 11.9. The molecule has 38 heavy (non-hydrogen) atoms. The number of ether oxygens (including phenoxy) is 2. The molecule has 9 heteroatoms. The van der Waals surface area contributed by atoms with Crippen molar-refractivity contribution in [2.75, 3.05) is 6.61 Å². The van der Waals surface area contributed by atoms with E-state index < -0.39 is 42.3 Å². The lowest BCUT2D eigenvalue weighted by Gasteiger charge is -2.48. The Morgan fingerprint density at radius 2 is 1.58 bits per heavy atom. The van der Waals surface area contributed by atoms with Crippen LogP contribution < -0.4 is 0 Å². The molecule has 0 saturated carbocycles. The molecule has 2 aromatic carbocycles. The van der Waals surface area contributed by atoms with Crippen LogP contribution >= 0.6 is 23.2 Å². The van der Waals surface area contributed by atoms with Crippen LogP contribution in [0.1, 0.15) is 61.6 Å². The van der Waals surface area contributed by atoms with Crippen molar-refractivity contribution in [3.05, 3.63) is 99.8 Å². The standard InChI is InChI=1S/C29H30Cl2N2O5/c1-3-5-23(29(36)37-4-2)33-24(18-6-10-21(30)11-7-18)26(20-8-12-22(31)13-9-20)38-27(28(33)35)25(34)19-14-16-32-17-15-19/h6-17,23-27,34H,3-5H2,1-2H3/t23-,24-,25?,26+,27+/m1/s1. The number of aliphatic hydroxyl groups is 1. The molecule has 1 aliphatic heterocycles. The molecule has 2 heterocycles. The van der Waals surface area contributed by atoms with Crippen molar-refractivity contribution in [1.82, 2.24) is 9.88 Å². The maximum Gasteiger partial charge on any atom is 0.328 e. The van der Waals surface area contributed by atoms with E-state index in [9.17, 15) is 14.7 Å². The van der Waals surface area contributed by atoms with Crippen LogP contribution in [0.2, 0.25) is 10.0 Å². The van der Waals surface area contributed by atoms with E-state index in [2.05, 4.69) is 4.98 Å². The molecule has 5 atom stereocenters. The van der Waals surface area contributed by atoms with E-state index in [0.717, 1.165) is 11.1 Å². The minimum atomic E-state index is -1.29. The third kappa shape index (κ3) is 6.02. The second kappa shape index (κ2) is 12.7. The summed E-state index contributed by atoms with van der Waals surface area (Å²) in [6.07, 6.45) is 0.769. The molecule has 1 N–H and O–H groups in total. The minimum Gasteiger partial charge on any atom is -0.464 e. The highest BCUT2D eigenvalue weighted by molar-refractivity contribution is 6.30. The number of morpholine rings is 1. The number of benzene rings is 2. The van der Waals surface area contributed by atoms with Crippen molar-refractivity contribution in [3.63, 3.8) is 0 Å². The van der Waals surface area contributed by atoms with Gasteiger partial charge in [0.05, 0.1) is 12.6 Å². The summed E-state index contributed by atoms with van der Waals surface area (Å²) in [5.74, 6) is -1.01. The van der Waals surface area contributed by atoms with Crippen LogP contribution in [0, 0.1) is 0 Å². The Hall–Kier alpha value is -2.97. The molecule has 3 aromatic rings.